The number of rotatable bonds is 3. The maximum Gasteiger partial charge on any atom is 0.246 e. The van der Waals surface area contributed by atoms with E-state index >= 15 is 0 Å². The molecule has 4 rings (SSSR count). The molecule has 1 fully saturated rings. The zero-order chi connectivity index (χ0) is 14.9. The van der Waals surface area contributed by atoms with E-state index in [4.69, 9.17) is 9.26 Å². The molecule has 3 aromatic rings. The number of hydrogen-bond acceptors (Lipinski definition) is 7. The van der Waals surface area contributed by atoms with Gasteiger partial charge in [-0.15, -0.1) is 0 Å². The van der Waals surface area contributed by atoms with E-state index in [-0.39, 0.29) is 6.04 Å². The topological polar surface area (TPSA) is 93.0 Å². The van der Waals surface area contributed by atoms with E-state index in [1.807, 2.05) is 13.1 Å². The zero-order valence-corrected chi connectivity index (χ0v) is 12.2. The summed E-state index contributed by atoms with van der Waals surface area (Å²) < 4.78 is 10.9. The van der Waals surface area contributed by atoms with Gasteiger partial charge in [0.15, 0.2) is 11.5 Å². The molecule has 1 unspecified atom stereocenters. The van der Waals surface area contributed by atoms with Crippen molar-refractivity contribution >= 4 is 11.2 Å². The Bertz CT molecular complexity index is 782. The quantitative estimate of drug-likeness (QED) is 0.777. The molecule has 1 saturated heterocycles. The lowest BCUT2D eigenvalue weighted by atomic mass is 10.2. The Morgan fingerprint density at radius 1 is 1.36 bits per heavy atom. The Hall–Kier alpha value is -2.32. The normalized spacial score (nSPS) is 19.8. The van der Waals surface area contributed by atoms with Gasteiger partial charge in [0.2, 0.25) is 5.89 Å². The van der Waals surface area contributed by atoms with E-state index in [9.17, 15) is 0 Å². The lowest BCUT2D eigenvalue weighted by molar-refractivity contribution is -0.0239. The number of fused-ring (bicyclic) bond motifs is 1. The second kappa shape index (κ2) is 5.47. The first-order valence-corrected chi connectivity index (χ1v) is 7.20. The van der Waals surface area contributed by atoms with Gasteiger partial charge in [0.1, 0.15) is 11.6 Å². The minimum absolute atomic E-state index is 0.0310. The highest BCUT2D eigenvalue weighted by Gasteiger charge is 2.29. The third kappa shape index (κ3) is 2.36. The van der Waals surface area contributed by atoms with Gasteiger partial charge >= 0.3 is 0 Å². The number of aryl methyl sites for hydroxylation is 1. The van der Waals surface area contributed by atoms with Crippen LogP contribution in [0.25, 0.3) is 11.2 Å². The molecule has 22 heavy (non-hydrogen) atoms. The largest absolute Gasteiger partial charge is 0.378 e. The van der Waals surface area contributed by atoms with E-state index in [2.05, 4.69) is 30.0 Å². The van der Waals surface area contributed by atoms with Gasteiger partial charge in [-0.3, -0.25) is 9.88 Å². The molecule has 114 valence electrons. The summed E-state index contributed by atoms with van der Waals surface area (Å²) in [7, 11) is 0. The molecule has 0 bridgehead atoms. The van der Waals surface area contributed by atoms with Gasteiger partial charge in [-0.05, 0) is 6.92 Å². The van der Waals surface area contributed by atoms with Gasteiger partial charge in [-0.2, -0.15) is 4.98 Å². The van der Waals surface area contributed by atoms with Crippen LogP contribution in [0.5, 0.6) is 0 Å². The number of nitrogens with one attached hydrogen (secondary N) is 1. The highest BCUT2D eigenvalue weighted by Crippen LogP contribution is 2.26. The van der Waals surface area contributed by atoms with E-state index in [1.165, 1.54) is 0 Å². The van der Waals surface area contributed by atoms with E-state index < -0.39 is 0 Å². The lowest BCUT2D eigenvalue weighted by Gasteiger charge is -2.32. The van der Waals surface area contributed by atoms with Crippen LogP contribution in [0.4, 0.5) is 0 Å². The van der Waals surface area contributed by atoms with Crippen molar-refractivity contribution in [1.82, 2.24) is 30.0 Å². The van der Waals surface area contributed by atoms with Gasteiger partial charge in [-0.25, -0.2) is 4.98 Å². The molecule has 1 aliphatic rings. The van der Waals surface area contributed by atoms with E-state index in [1.54, 1.807) is 12.4 Å². The van der Waals surface area contributed by atoms with Gasteiger partial charge in [-0.1, -0.05) is 5.16 Å². The Labute approximate surface area is 126 Å². The first kappa shape index (κ1) is 13.4. The Balaban J connectivity index is 1.62. The van der Waals surface area contributed by atoms with Crippen molar-refractivity contribution in [3.8, 4) is 0 Å². The summed E-state index contributed by atoms with van der Waals surface area (Å²) in [4.78, 5) is 18.4. The third-order valence-corrected chi connectivity index (χ3v) is 3.83. The molecule has 1 atom stereocenters. The van der Waals surface area contributed by atoms with Crippen LogP contribution in [0.2, 0.25) is 0 Å². The molecular formula is C14H16N6O2. The van der Waals surface area contributed by atoms with Crippen molar-refractivity contribution in [3.05, 3.63) is 35.9 Å². The monoisotopic (exact) mass is 300 g/mol. The molecule has 1 N–H and O–H groups in total. The first-order valence-electron chi connectivity index (χ1n) is 7.20. The van der Waals surface area contributed by atoms with Crippen molar-refractivity contribution in [2.45, 2.75) is 19.5 Å². The van der Waals surface area contributed by atoms with Crippen LogP contribution in [0.3, 0.4) is 0 Å². The molecule has 8 nitrogen and oxygen atoms in total. The number of aromatic nitrogens is 5. The predicted octanol–water partition coefficient (Wildman–Crippen LogP) is 1.22. The van der Waals surface area contributed by atoms with Crippen LogP contribution in [0.1, 0.15) is 23.3 Å². The SMILES string of the molecule is Cc1noc(C2COCCN2Cc2c[nH]c3nccnc23)n1. The molecule has 8 heteroatoms. The molecule has 3 aromatic heterocycles. The number of ether oxygens (including phenoxy) is 1. The average molecular weight is 300 g/mol. The van der Waals surface area contributed by atoms with Crippen molar-refractivity contribution in [3.63, 3.8) is 0 Å². The number of H-pyrrole nitrogens is 1. The lowest BCUT2D eigenvalue weighted by Crippen LogP contribution is -2.39. The second-order valence-corrected chi connectivity index (χ2v) is 5.31. The molecular weight excluding hydrogens is 284 g/mol. The van der Waals surface area contributed by atoms with Gasteiger partial charge < -0.3 is 14.2 Å². The van der Waals surface area contributed by atoms with Crippen LogP contribution in [-0.4, -0.2) is 49.8 Å². The summed E-state index contributed by atoms with van der Waals surface area (Å²) in [6.45, 7) is 4.59. The van der Waals surface area contributed by atoms with Crippen LogP contribution >= 0.6 is 0 Å². The Morgan fingerprint density at radius 3 is 3.14 bits per heavy atom. The van der Waals surface area contributed by atoms with E-state index in [0.717, 1.165) is 29.8 Å². The highest BCUT2D eigenvalue weighted by molar-refractivity contribution is 5.74. The van der Waals surface area contributed by atoms with Crippen molar-refractivity contribution in [2.75, 3.05) is 19.8 Å². The molecule has 0 radical (unpaired) electrons. The molecule has 0 amide bonds. The van der Waals surface area contributed by atoms with Crippen LogP contribution in [-0.2, 0) is 11.3 Å². The number of hydrogen-bond donors (Lipinski definition) is 1. The fourth-order valence-corrected chi connectivity index (χ4v) is 2.75. The van der Waals surface area contributed by atoms with Gasteiger partial charge in [0.05, 0.1) is 13.2 Å². The fourth-order valence-electron chi connectivity index (χ4n) is 2.75. The Kier molecular flexibility index (Phi) is 3.32. The zero-order valence-electron chi connectivity index (χ0n) is 12.2. The van der Waals surface area contributed by atoms with Gasteiger partial charge in [0, 0.05) is 37.2 Å². The fraction of sp³-hybridized carbons (Fsp3) is 0.429. The molecule has 1 aliphatic heterocycles. The second-order valence-electron chi connectivity index (χ2n) is 5.31. The van der Waals surface area contributed by atoms with E-state index in [0.29, 0.717) is 24.9 Å². The minimum Gasteiger partial charge on any atom is -0.378 e. The van der Waals surface area contributed by atoms with Crippen molar-refractivity contribution < 1.29 is 9.26 Å². The van der Waals surface area contributed by atoms with Gasteiger partial charge in [0.25, 0.3) is 0 Å². The number of aromatic amines is 1. The smallest absolute Gasteiger partial charge is 0.246 e. The van der Waals surface area contributed by atoms with Crippen LogP contribution in [0, 0.1) is 6.92 Å². The minimum atomic E-state index is -0.0310. The van der Waals surface area contributed by atoms with Crippen molar-refractivity contribution in [2.24, 2.45) is 0 Å². The summed E-state index contributed by atoms with van der Waals surface area (Å²) in [6.07, 6.45) is 5.34. The summed E-state index contributed by atoms with van der Waals surface area (Å²) in [5.74, 6) is 1.24. The molecule has 0 saturated carbocycles. The summed E-state index contributed by atoms with van der Waals surface area (Å²) in [5.41, 5.74) is 2.80. The average Bonchev–Trinajstić information content (AvgIpc) is 3.15. The first-order chi connectivity index (χ1) is 10.8. The highest BCUT2D eigenvalue weighted by atomic mass is 16.5. The maximum absolute atomic E-state index is 5.58. The number of nitrogens with zero attached hydrogens (tertiary/aromatic N) is 5. The maximum atomic E-state index is 5.58. The van der Waals surface area contributed by atoms with Crippen LogP contribution in [0.15, 0.2) is 23.1 Å². The predicted molar refractivity (Wildman–Crippen MR) is 76.9 cm³/mol. The number of morpholine rings is 1. The Morgan fingerprint density at radius 2 is 2.27 bits per heavy atom. The molecule has 0 aliphatic carbocycles. The molecule has 4 heterocycles. The molecule has 0 spiro atoms. The van der Waals surface area contributed by atoms with Crippen LogP contribution < -0.4 is 0 Å². The summed E-state index contributed by atoms with van der Waals surface area (Å²) in [5, 5.41) is 3.88. The van der Waals surface area contributed by atoms with Crippen molar-refractivity contribution in [1.29, 1.82) is 0 Å². The molecule has 0 aromatic carbocycles. The summed E-state index contributed by atoms with van der Waals surface area (Å²) in [6, 6.07) is -0.0310. The summed E-state index contributed by atoms with van der Waals surface area (Å²) >= 11 is 0. The third-order valence-electron chi connectivity index (χ3n) is 3.83. The standard InChI is InChI=1S/C14H16N6O2/c1-9-18-14(22-19-9)11-8-21-5-4-20(11)7-10-6-17-13-12(10)15-2-3-16-13/h2-3,6,11H,4-5,7-8H2,1H3,(H,16,17).